The molecular formula is C8H16INO. The van der Waals surface area contributed by atoms with Gasteiger partial charge in [0.05, 0.1) is 6.10 Å². The molecule has 1 heterocycles. The fourth-order valence-electron chi connectivity index (χ4n) is 1.30. The van der Waals surface area contributed by atoms with Crippen molar-refractivity contribution < 1.29 is 4.74 Å². The molecule has 0 aliphatic carbocycles. The first kappa shape index (κ1) is 9.74. The Kier molecular flexibility index (Phi) is 5.49. The van der Waals surface area contributed by atoms with Crippen LogP contribution in [0.15, 0.2) is 0 Å². The van der Waals surface area contributed by atoms with Crippen LogP contribution in [0.5, 0.6) is 0 Å². The molecule has 0 aromatic heterocycles. The summed E-state index contributed by atoms with van der Waals surface area (Å²) in [7, 11) is 0. The van der Waals surface area contributed by atoms with Crippen molar-refractivity contribution in [3.8, 4) is 0 Å². The Labute approximate surface area is 82.2 Å². The van der Waals surface area contributed by atoms with Crippen molar-refractivity contribution in [1.29, 1.82) is 0 Å². The summed E-state index contributed by atoms with van der Waals surface area (Å²) in [5.41, 5.74) is 0. The minimum Gasteiger partial charge on any atom is -0.377 e. The molecule has 66 valence electrons. The molecule has 1 saturated heterocycles. The molecule has 0 radical (unpaired) electrons. The zero-order valence-electron chi connectivity index (χ0n) is 6.81. The van der Waals surface area contributed by atoms with Gasteiger partial charge in [-0.25, -0.2) is 0 Å². The summed E-state index contributed by atoms with van der Waals surface area (Å²) < 4.78 is 6.74. The molecule has 1 aliphatic heterocycles. The summed E-state index contributed by atoms with van der Waals surface area (Å²) >= 11 is 2.38. The highest BCUT2D eigenvalue weighted by molar-refractivity contribution is 14.1. The summed E-state index contributed by atoms with van der Waals surface area (Å²) in [6.45, 7) is 3.13. The predicted molar refractivity (Wildman–Crippen MR) is 55.3 cm³/mol. The normalized spacial score (nSPS) is 25.4. The van der Waals surface area contributed by atoms with Gasteiger partial charge in [-0.3, -0.25) is 0 Å². The third-order valence-corrected chi connectivity index (χ3v) is 2.46. The Morgan fingerprint density at radius 1 is 1.45 bits per heavy atom. The second-order valence-electron chi connectivity index (χ2n) is 2.88. The molecule has 1 atom stereocenters. The predicted octanol–water partition coefficient (Wildman–Crippen LogP) is 1.58. The van der Waals surface area contributed by atoms with Crippen molar-refractivity contribution in [2.45, 2.75) is 25.4 Å². The molecule has 3 heteroatoms. The lowest BCUT2D eigenvalue weighted by Gasteiger charge is -2.22. The molecule has 0 spiro atoms. The van der Waals surface area contributed by atoms with Crippen molar-refractivity contribution in [2.24, 2.45) is 0 Å². The number of halogens is 1. The van der Waals surface area contributed by atoms with Crippen molar-refractivity contribution in [1.82, 2.24) is 5.32 Å². The van der Waals surface area contributed by atoms with Crippen molar-refractivity contribution in [3.05, 3.63) is 0 Å². The molecule has 0 amide bonds. The van der Waals surface area contributed by atoms with Gasteiger partial charge in [-0.15, -0.1) is 0 Å². The number of hydrogen-bond donors (Lipinski definition) is 1. The van der Waals surface area contributed by atoms with Gasteiger partial charge in [0.1, 0.15) is 0 Å². The summed E-state index contributed by atoms with van der Waals surface area (Å²) in [5, 5.41) is 3.37. The highest BCUT2D eigenvalue weighted by Crippen LogP contribution is 2.11. The van der Waals surface area contributed by atoms with Gasteiger partial charge in [-0.05, 0) is 19.3 Å². The summed E-state index contributed by atoms with van der Waals surface area (Å²) in [4.78, 5) is 0. The van der Waals surface area contributed by atoms with E-state index in [0.717, 1.165) is 19.7 Å². The van der Waals surface area contributed by atoms with Crippen LogP contribution in [0.4, 0.5) is 0 Å². The number of hydrogen-bond acceptors (Lipinski definition) is 2. The first-order chi connectivity index (χ1) is 5.43. The van der Waals surface area contributed by atoms with E-state index in [1.54, 1.807) is 0 Å². The second kappa shape index (κ2) is 6.20. The Hall–Kier alpha value is 0.650. The molecule has 0 bridgehead atoms. The molecule has 0 aromatic carbocycles. The molecule has 1 N–H and O–H groups in total. The lowest BCUT2D eigenvalue weighted by atomic mass is 10.1. The van der Waals surface area contributed by atoms with Crippen LogP contribution in [0.1, 0.15) is 19.3 Å². The highest BCUT2D eigenvalue weighted by Gasteiger charge is 2.12. The van der Waals surface area contributed by atoms with Crippen LogP contribution < -0.4 is 5.32 Å². The zero-order chi connectivity index (χ0) is 7.94. The van der Waals surface area contributed by atoms with Gasteiger partial charge in [-0.2, -0.15) is 0 Å². The summed E-state index contributed by atoms with van der Waals surface area (Å²) in [6, 6.07) is 0. The zero-order valence-corrected chi connectivity index (χ0v) is 8.97. The van der Waals surface area contributed by atoms with Crippen LogP contribution in [-0.4, -0.2) is 30.2 Å². The quantitative estimate of drug-likeness (QED) is 0.475. The minimum atomic E-state index is 0.492. The van der Waals surface area contributed by atoms with Gasteiger partial charge in [0.15, 0.2) is 0 Å². The fourth-order valence-corrected chi connectivity index (χ4v) is 1.68. The van der Waals surface area contributed by atoms with Crippen LogP contribution in [0.2, 0.25) is 0 Å². The van der Waals surface area contributed by atoms with E-state index in [2.05, 4.69) is 27.9 Å². The van der Waals surface area contributed by atoms with Crippen molar-refractivity contribution in [2.75, 3.05) is 24.1 Å². The Balaban J connectivity index is 1.96. The molecule has 0 saturated carbocycles. The maximum atomic E-state index is 5.56. The van der Waals surface area contributed by atoms with Gasteiger partial charge in [0.2, 0.25) is 0 Å². The largest absolute Gasteiger partial charge is 0.377 e. The van der Waals surface area contributed by atoms with E-state index in [1.807, 2.05) is 0 Å². The van der Waals surface area contributed by atoms with Gasteiger partial charge < -0.3 is 10.1 Å². The average Bonchev–Trinajstić information content (AvgIpc) is 2.07. The SMILES string of the molecule is ICCNCC1CCCCO1. The van der Waals surface area contributed by atoms with E-state index in [0.29, 0.717) is 6.10 Å². The minimum absolute atomic E-state index is 0.492. The van der Waals surface area contributed by atoms with Crippen LogP contribution in [0, 0.1) is 0 Å². The van der Waals surface area contributed by atoms with E-state index in [9.17, 15) is 0 Å². The number of nitrogens with one attached hydrogen (secondary N) is 1. The lowest BCUT2D eigenvalue weighted by molar-refractivity contribution is 0.0173. The molecule has 1 fully saturated rings. The van der Waals surface area contributed by atoms with Crippen molar-refractivity contribution in [3.63, 3.8) is 0 Å². The molecule has 1 aliphatic rings. The van der Waals surface area contributed by atoms with Crippen LogP contribution in [-0.2, 0) is 4.74 Å². The van der Waals surface area contributed by atoms with Crippen molar-refractivity contribution >= 4 is 22.6 Å². The Morgan fingerprint density at radius 2 is 2.36 bits per heavy atom. The fraction of sp³-hybridized carbons (Fsp3) is 1.00. The molecule has 11 heavy (non-hydrogen) atoms. The molecule has 2 nitrogen and oxygen atoms in total. The van der Waals surface area contributed by atoms with E-state index >= 15 is 0 Å². The maximum absolute atomic E-state index is 5.56. The van der Waals surface area contributed by atoms with Crippen LogP contribution in [0.3, 0.4) is 0 Å². The van der Waals surface area contributed by atoms with E-state index in [-0.39, 0.29) is 0 Å². The maximum Gasteiger partial charge on any atom is 0.0699 e. The molecule has 1 rings (SSSR count). The topological polar surface area (TPSA) is 21.3 Å². The molecule has 1 unspecified atom stereocenters. The molecule has 0 aromatic rings. The van der Waals surface area contributed by atoms with E-state index in [4.69, 9.17) is 4.74 Å². The summed E-state index contributed by atoms with van der Waals surface area (Å²) in [6.07, 6.45) is 4.33. The monoisotopic (exact) mass is 269 g/mol. The van der Waals surface area contributed by atoms with Gasteiger partial charge in [-0.1, -0.05) is 22.6 Å². The third-order valence-electron chi connectivity index (χ3n) is 1.92. The average molecular weight is 269 g/mol. The first-order valence-corrected chi connectivity index (χ1v) is 5.84. The first-order valence-electron chi connectivity index (χ1n) is 4.32. The number of ether oxygens (including phenoxy) is 1. The van der Waals surface area contributed by atoms with E-state index in [1.165, 1.54) is 23.7 Å². The van der Waals surface area contributed by atoms with Gasteiger partial charge >= 0.3 is 0 Å². The lowest BCUT2D eigenvalue weighted by Crippen LogP contribution is -2.32. The van der Waals surface area contributed by atoms with Crippen LogP contribution >= 0.6 is 22.6 Å². The summed E-state index contributed by atoms with van der Waals surface area (Å²) in [5.74, 6) is 0. The van der Waals surface area contributed by atoms with Crippen LogP contribution in [0.25, 0.3) is 0 Å². The van der Waals surface area contributed by atoms with Gasteiger partial charge in [0, 0.05) is 24.1 Å². The Morgan fingerprint density at radius 3 is 3.00 bits per heavy atom. The van der Waals surface area contributed by atoms with E-state index < -0.39 is 0 Å². The standard InChI is InChI=1S/C8H16INO/c9-4-5-10-7-8-3-1-2-6-11-8/h8,10H,1-7H2. The highest BCUT2D eigenvalue weighted by atomic mass is 127. The van der Waals surface area contributed by atoms with Gasteiger partial charge in [0.25, 0.3) is 0 Å². The molecular weight excluding hydrogens is 253 g/mol. The number of alkyl halides is 1. The second-order valence-corrected chi connectivity index (χ2v) is 3.96. The third kappa shape index (κ3) is 4.28. The number of rotatable bonds is 4. The smallest absolute Gasteiger partial charge is 0.0699 e. The Bertz CT molecular complexity index is 94.1.